The molecule has 0 saturated carbocycles. The van der Waals surface area contributed by atoms with E-state index in [-0.39, 0.29) is 0 Å². The van der Waals surface area contributed by atoms with E-state index >= 15 is 0 Å². The lowest BCUT2D eigenvalue weighted by Gasteiger charge is -2.10. The smallest absolute Gasteiger partial charge is 0.135 e. The Bertz CT molecular complexity index is 319. The molecule has 0 unspecified atom stereocenters. The van der Waals surface area contributed by atoms with Gasteiger partial charge in [-0.1, -0.05) is 70.6 Å². The van der Waals surface area contributed by atoms with Crippen molar-refractivity contribution in [2.45, 2.75) is 71.6 Å². The van der Waals surface area contributed by atoms with Crippen LogP contribution in [0.5, 0.6) is 5.75 Å². The number of hydrogen-bond donors (Lipinski definition) is 0. The summed E-state index contributed by atoms with van der Waals surface area (Å²) in [6, 6.07) is 8.42. The van der Waals surface area contributed by atoms with Crippen LogP contribution in [-0.2, 0) is 6.42 Å². The molecule has 0 N–H and O–H groups in total. The molecular formula is C18H29O. The average molecular weight is 261 g/mol. The molecule has 0 bridgehead atoms. The molecule has 0 spiro atoms. The second kappa shape index (κ2) is 10.9. The maximum Gasteiger partial charge on any atom is 0.135 e. The van der Waals surface area contributed by atoms with Crippen LogP contribution in [0.15, 0.2) is 24.3 Å². The van der Waals surface area contributed by atoms with Gasteiger partial charge in [0, 0.05) is 0 Å². The van der Waals surface area contributed by atoms with Gasteiger partial charge in [-0.3, -0.25) is 0 Å². The van der Waals surface area contributed by atoms with E-state index in [1.165, 1.54) is 50.5 Å². The van der Waals surface area contributed by atoms with E-state index in [0.717, 1.165) is 18.6 Å². The highest BCUT2D eigenvalue weighted by Gasteiger charge is 2.02. The van der Waals surface area contributed by atoms with Gasteiger partial charge >= 0.3 is 0 Å². The van der Waals surface area contributed by atoms with Gasteiger partial charge in [-0.05, 0) is 30.9 Å². The molecule has 0 heterocycles. The molecule has 0 amide bonds. The third kappa shape index (κ3) is 7.25. The first kappa shape index (κ1) is 16.1. The van der Waals surface area contributed by atoms with Crippen LogP contribution in [0.1, 0.15) is 70.8 Å². The largest absolute Gasteiger partial charge is 0.486 e. The third-order valence-corrected chi connectivity index (χ3v) is 3.40. The van der Waals surface area contributed by atoms with Gasteiger partial charge in [-0.2, -0.15) is 0 Å². The van der Waals surface area contributed by atoms with E-state index in [1.54, 1.807) is 0 Å². The van der Waals surface area contributed by atoms with Gasteiger partial charge in [0.1, 0.15) is 12.4 Å². The molecule has 0 fully saturated rings. The van der Waals surface area contributed by atoms with Crippen LogP contribution in [0.25, 0.3) is 0 Å². The molecule has 1 heteroatoms. The van der Waals surface area contributed by atoms with Gasteiger partial charge in [0.15, 0.2) is 0 Å². The lowest BCUT2D eigenvalue weighted by Crippen LogP contribution is -1.94. The predicted octanol–water partition coefficient (Wildman–Crippen LogP) is 5.93. The average Bonchev–Trinajstić information content (AvgIpc) is 2.45. The van der Waals surface area contributed by atoms with Crippen molar-refractivity contribution >= 4 is 0 Å². The summed E-state index contributed by atoms with van der Waals surface area (Å²) in [7, 11) is 0. The van der Waals surface area contributed by atoms with Crippen molar-refractivity contribution in [1.29, 1.82) is 0 Å². The van der Waals surface area contributed by atoms with Gasteiger partial charge in [-0.15, -0.1) is 0 Å². The van der Waals surface area contributed by atoms with E-state index in [0.29, 0.717) is 0 Å². The first-order valence-electron chi connectivity index (χ1n) is 7.94. The SMILES string of the molecule is CC[CH]Oc1ccccc1CCCCCCCCC. The second-order valence-corrected chi connectivity index (χ2v) is 5.17. The number of benzene rings is 1. The number of ether oxygens (including phenoxy) is 1. The summed E-state index contributed by atoms with van der Waals surface area (Å²) in [6.45, 7) is 6.24. The molecule has 0 aliphatic heterocycles. The minimum atomic E-state index is 0.950. The van der Waals surface area contributed by atoms with Gasteiger partial charge < -0.3 is 4.74 Å². The minimum Gasteiger partial charge on any atom is -0.486 e. The van der Waals surface area contributed by atoms with Crippen LogP contribution in [-0.4, -0.2) is 0 Å². The Labute approximate surface area is 119 Å². The van der Waals surface area contributed by atoms with Crippen LogP contribution in [0.4, 0.5) is 0 Å². The maximum absolute atomic E-state index is 5.67. The zero-order chi connectivity index (χ0) is 13.8. The molecule has 19 heavy (non-hydrogen) atoms. The van der Waals surface area contributed by atoms with E-state index in [4.69, 9.17) is 4.74 Å². The topological polar surface area (TPSA) is 9.23 Å². The summed E-state index contributed by atoms with van der Waals surface area (Å²) >= 11 is 0. The van der Waals surface area contributed by atoms with Crippen molar-refractivity contribution in [3.05, 3.63) is 36.4 Å². The van der Waals surface area contributed by atoms with Crippen molar-refractivity contribution in [2.75, 3.05) is 0 Å². The standard InChI is InChI=1S/C18H29O/c1-3-5-6-7-8-9-10-13-17-14-11-12-15-18(17)19-16-4-2/h11-12,14-16H,3-10,13H2,1-2H3. The van der Waals surface area contributed by atoms with Crippen molar-refractivity contribution in [1.82, 2.24) is 0 Å². The zero-order valence-electron chi connectivity index (χ0n) is 12.7. The van der Waals surface area contributed by atoms with E-state index in [2.05, 4.69) is 32.0 Å². The number of aryl methyl sites for hydroxylation is 1. The monoisotopic (exact) mass is 261 g/mol. The molecule has 1 aromatic carbocycles. The van der Waals surface area contributed by atoms with Crippen LogP contribution in [0, 0.1) is 6.61 Å². The van der Waals surface area contributed by atoms with Crippen LogP contribution >= 0.6 is 0 Å². The summed E-state index contributed by atoms with van der Waals surface area (Å²) in [5.74, 6) is 1.04. The number of hydrogen-bond acceptors (Lipinski definition) is 1. The summed E-state index contributed by atoms with van der Waals surface area (Å²) in [5.41, 5.74) is 1.35. The van der Waals surface area contributed by atoms with Crippen molar-refractivity contribution in [2.24, 2.45) is 0 Å². The minimum absolute atomic E-state index is 0.950. The van der Waals surface area contributed by atoms with Crippen molar-refractivity contribution in [3.8, 4) is 5.75 Å². The van der Waals surface area contributed by atoms with Gasteiger partial charge in [0.05, 0.1) is 0 Å². The Kier molecular flexibility index (Phi) is 9.22. The fraction of sp³-hybridized carbons (Fsp3) is 0.611. The molecular weight excluding hydrogens is 232 g/mol. The van der Waals surface area contributed by atoms with E-state index < -0.39 is 0 Å². The van der Waals surface area contributed by atoms with Crippen molar-refractivity contribution < 1.29 is 4.74 Å². The fourth-order valence-electron chi connectivity index (χ4n) is 2.27. The maximum atomic E-state index is 5.67. The highest BCUT2D eigenvalue weighted by molar-refractivity contribution is 5.33. The molecule has 0 aliphatic rings. The third-order valence-electron chi connectivity index (χ3n) is 3.40. The molecule has 0 aliphatic carbocycles. The van der Waals surface area contributed by atoms with Gasteiger partial charge in [0.25, 0.3) is 0 Å². The lowest BCUT2D eigenvalue weighted by molar-refractivity contribution is 0.392. The van der Waals surface area contributed by atoms with Crippen LogP contribution < -0.4 is 4.74 Å². The molecule has 1 radical (unpaired) electrons. The Balaban J connectivity index is 2.21. The zero-order valence-corrected chi connectivity index (χ0v) is 12.7. The van der Waals surface area contributed by atoms with E-state index in [1.807, 2.05) is 12.7 Å². The predicted molar refractivity (Wildman–Crippen MR) is 83.4 cm³/mol. The Morgan fingerprint density at radius 2 is 1.58 bits per heavy atom. The Hall–Kier alpha value is -0.980. The summed E-state index contributed by atoms with van der Waals surface area (Å²) < 4.78 is 5.67. The van der Waals surface area contributed by atoms with Gasteiger partial charge in [-0.25, -0.2) is 0 Å². The first-order chi connectivity index (χ1) is 9.38. The summed E-state index contributed by atoms with van der Waals surface area (Å²) in [4.78, 5) is 0. The van der Waals surface area contributed by atoms with Crippen molar-refractivity contribution in [3.63, 3.8) is 0 Å². The normalized spacial score (nSPS) is 10.6. The lowest BCUT2D eigenvalue weighted by atomic mass is 10.0. The molecule has 107 valence electrons. The Morgan fingerprint density at radius 3 is 2.32 bits per heavy atom. The first-order valence-corrected chi connectivity index (χ1v) is 7.94. The molecule has 0 atom stereocenters. The van der Waals surface area contributed by atoms with E-state index in [9.17, 15) is 0 Å². The van der Waals surface area contributed by atoms with Crippen LogP contribution in [0.2, 0.25) is 0 Å². The molecule has 1 nitrogen and oxygen atoms in total. The second-order valence-electron chi connectivity index (χ2n) is 5.17. The summed E-state index contributed by atoms with van der Waals surface area (Å²) in [5, 5.41) is 0. The number of unbranched alkanes of at least 4 members (excludes halogenated alkanes) is 6. The quantitative estimate of drug-likeness (QED) is 0.448. The molecule has 1 aromatic rings. The summed E-state index contributed by atoms with van der Waals surface area (Å²) in [6.07, 6.45) is 11.6. The highest BCUT2D eigenvalue weighted by Crippen LogP contribution is 2.21. The molecule has 1 rings (SSSR count). The molecule has 0 aromatic heterocycles. The number of rotatable bonds is 11. The molecule has 0 saturated heterocycles. The van der Waals surface area contributed by atoms with Crippen LogP contribution in [0.3, 0.4) is 0 Å². The fourth-order valence-corrected chi connectivity index (χ4v) is 2.27. The Morgan fingerprint density at radius 1 is 0.895 bits per heavy atom. The highest BCUT2D eigenvalue weighted by atomic mass is 16.5. The van der Waals surface area contributed by atoms with Gasteiger partial charge in [0.2, 0.25) is 0 Å². The number of para-hydroxylation sites is 1.